The molecule has 45 heavy (non-hydrogen) atoms. The van der Waals surface area contributed by atoms with E-state index in [1.807, 2.05) is 26.0 Å². The Balaban J connectivity index is 1.79. The smallest absolute Gasteiger partial charge is 0.251 e. The average Bonchev–Trinajstić information content (AvgIpc) is 3.49. The van der Waals surface area contributed by atoms with Gasteiger partial charge in [0.25, 0.3) is 5.91 Å². The molecule has 12 heteroatoms. The highest BCUT2D eigenvalue weighted by Gasteiger charge is 2.24. The molecule has 0 aliphatic rings. The zero-order chi connectivity index (χ0) is 32.8. The number of amides is 2. The zero-order valence-corrected chi connectivity index (χ0v) is 25.4. The molecule has 1 aromatic carbocycles. The maximum Gasteiger partial charge on any atom is 0.251 e. The number of benzene rings is 1. The van der Waals surface area contributed by atoms with Crippen LogP contribution >= 0.6 is 0 Å². The number of aryl methyl sites for hydroxylation is 1. The number of hydrogen-bond donors (Lipinski definition) is 2. The summed E-state index contributed by atoms with van der Waals surface area (Å²) in [6, 6.07) is 5.53. The molecule has 0 bridgehead atoms. The number of allylic oxidation sites excluding steroid dienone is 4. The van der Waals surface area contributed by atoms with Crippen molar-refractivity contribution in [2.24, 2.45) is 5.73 Å². The molecule has 9 nitrogen and oxygen atoms in total. The number of pyridine rings is 1. The van der Waals surface area contributed by atoms with E-state index in [-0.39, 0.29) is 18.5 Å². The molecule has 0 spiro atoms. The van der Waals surface area contributed by atoms with E-state index >= 15 is 0 Å². The third-order valence-electron chi connectivity index (χ3n) is 7.10. The number of nitrogens with two attached hydrogens (primary N) is 1. The van der Waals surface area contributed by atoms with Crippen LogP contribution in [0.4, 0.5) is 13.2 Å². The third kappa shape index (κ3) is 7.28. The topological polar surface area (TPSA) is 120 Å². The minimum Gasteiger partial charge on any atom is -0.366 e. The summed E-state index contributed by atoms with van der Waals surface area (Å²) >= 11 is 0. The molecular weight excluding hydrogens is 583 g/mol. The van der Waals surface area contributed by atoms with Crippen LogP contribution in [0.1, 0.15) is 60.8 Å². The fourth-order valence-corrected chi connectivity index (χ4v) is 5.24. The van der Waals surface area contributed by atoms with Gasteiger partial charge in [-0.25, -0.2) is 13.2 Å². The molecule has 1 atom stereocenters. The second-order valence-electron chi connectivity index (χ2n) is 10.3. The molecule has 0 fully saturated rings. The summed E-state index contributed by atoms with van der Waals surface area (Å²) in [7, 11) is 0. The van der Waals surface area contributed by atoms with Crippen molar-refractivity contribution < 1.29 is 22.8 Å². The van der Waals surface area contributed by atoms with Crippen molar-refractivity contribution in [1.82, 2.24) is 29.5 Å². The molecule has 2 amide bonds. The Kier molecular flexibility index (Phi) is 10.2. The second kappa shape index (κ2) is 14.0. The molecule has 0 saturated heterocycles. The van der Waals surface area contributed by atoms with Crippen molar-refractivity contribution in [3.63, 3.8) is 0 Å². The van der Waals surface area contributed by atoms with Crippen LogP contribution in [0.25, 0.3) is 17.4 Å². The van der Waals surface area contributed by atoms with Crippen LogP contribution < -0.4 is 11.1 Å². The molecule has 3 heterocycles. The van der Waals surface area contributed by atoms with Gasteiger partial charge in [-0.3, -0.25) is 14.6 Å². The molecule has 0 radical (unpaired) electrons. The molecule has 3 N–H and O–H groups in total. The number of primary amides is 1. The predicted molar refractivity (Wildman–Crippen MR) is 166 cm³/mol. The van der Waals surface area contributed by atoms with Crippen LogP contribution in [0.2, 0.25) is 0 Å². The van der Waals surface area contributed by atoms with Crippen LogP contribution in [0.5, 0.6) is 0 Å². The Labute approximate surface area is 258 Å². The summed E-state index contributed by atoms with van der Waals surface area (Å²) in [6.07, 6.45) is 7.97. The van der Waals surface area contributed by atoms with Gasteiger partial charge in [-0.05, 0) is 81.2 Å². The summed E-state index contributed by atoms with van der Waals surface area (Å²) in [5, 5.41) is 7.45. The minimum atomic E-state index is -0.997. The summed E-state index contributed by atoms with van der Waals surface area (Å²) in [6.45, 7) is 10.5. The molecule has 0 saturated carbocycles. The quantitative estimate of drug-likeness (QED) is 0.161. The average molecular weight is 618 g/mol. The lowest BCUT2D eigenvalue weighted by molar-refractivity contribution is -0.122. The van der Waals surface area contributed by atoms with Crippen molar-refractivity contribution in [3.05, 3.63) is 118 Å². The van der Waals surface area contributed by atoms with E-state index in [4.69, 9.17) is 5.73 Å². The number of imidazole rings is 1. The Morgan fingerprint density at radius 1 is 1.20 bits per heavy atom. The van der Waals surface area contributed by atoms with E-state index < -0.39 is 40.9 Å². The molecule has 3 aromatic heterocycles. The molecule has 0 aliphatic carbocycles. The first-order valence-corrected chi connectivity index (χ1v) is 14.2. The van der Waals surface area contributed by atoms with Gasteiger partial charge in [-0.1, -0.05) is 25.6 Å². The van der Waals surface area contributed by atoms with Crippen molar-refractivity contribution >= 4 is 29.2 Å². The van der Waals surface area contributed by atoms with Gasteiger partial charge >= 0.3 is 0 Å². The number of hydrogen-bond acceptors (Lipinski definition) is 5. The van der Waals surface area contributed by atoms with Crippen LogP contribution in [-0.4, -0.2) is 36.0 Å². The maximum absolute atomic E-state index is 14.4. The molecule has 1 unspecified atom stereocenters. The lowest BCUT2D eigenvalue weighted by Gasteiger charge is -2.22. The summed E-state index contributed by atoms with van der Waals surface area (Å²) in [4.78, 5) is 34.7. The molecular formula is C33H34F3N7O2. The van der Waals surface area contributed by atoms with Gasteiger partial charge in [0, 0.05) is 23.5 Å². The minimum absolute atomic E-state index is 0.0349. The fourth-order valence-electron chi connectivity index (χ4n) is 5.24. The first-order chi connectivity index (χ1) is 21.5. The lowest BCUT2D eigenvalue weighted by atomic mass is 9.94. The Morgan fingerprint density at radius 3 is 2.53 bits per heavy atom. The standard InChI is InChI=1S/C33H34F3N7O2/c1-6-10-29-28(8-3)42(33-39-20(5)41-43(29)33)18-30(44)40-27(16-21-14-22(34)17-23(35)15-21)31-24(11-9-12-38-31)19(4)13-25(32(37)45)26(36)7-2/h6-7,9-15,17,27H,2,8,16,18H2,1,3-5H3,(H2,37,45)(H,40,44). The number of rotatable bonds is 12. The molecule has 4 aromatic rings. The van der Waals surface area contributed by atoms with Gasteiger partial charge in [-0.15, -0.1) is 5.10 Å². The van der Waals surface area contributed by atoms with E-state index in [2.05, 4.69) is 27.0 Å². The number of halogens is 3. The lowest BCUT2D eigenvalue weighted by Crippen LogP contribution is -2.34. The van der Waals surface area contributed by atoms with Crippen LogP contribution in [0.3, 0.4) is 0 Å². The summed E-state index contributed by atoms with van der Waals surface area (Å²) < 4.78 is 46.3. The number of aromatic nitrogens is 5. The second-order valence-corrected chi connectivity index (χ2v) is 10.3. The highest BCUT2D eigenvalue weighted by Crippen LogP contribution is 2.28. The predicted octanol–water partition coefficient (Wildman–Crippen LogP) is 5.51. The normalized spacial score (nSPS) is 13.3. The zero-order valence-electron chi connectivity index (χ0n) is 25.4. The van der Waals surface area contributed by atoms with Crippen LogP contribution in [0.15, 0.2) is 72.7 Å². The first-order valence-electron chi connectivity index (χ1n) is 14.2. The van der Waals surface area contributed by atoms with Crippen molar-refractivity contribution in [2.45, 2.75) is 53.1 Å². The monoisotopic (exact) mass is 617 g/mol. The van der Waals surface area contributed by atoms with Gasteiger partial charge in [0.05, 0.1) is 23.0 Å². The molecule has 0 aliphatic heterocycles. The third-order valence-corrected chi connectivity index (χ3v) is 7.10. The van der Waals surface area contributed by atoms with Crippen LogP contribution in [-0.2, 0) is 29.0 Å². The summed E-state index contributed by atoms with van der Waals surface area (Å²) in [5.41, 5.74) is 8.11. The Hall–Kier alpha value is -5.26. The molecule has 234 valence electrons. The van der Waals surface area contributed by atoms with Crippen molar-refractivity contribution in [3.8, 4) is 0 Å². The van der Waals surface area contributed by atoms with Gasteiger partial charge in [0.1, 0.15) is 29.8 Å². The number of carbonyl (C=O) groups excluding carboxylic acids is 2. The van der Waals surface area contributed by atoms with Gasteiger partial charge in [0.15, 0.2) is 0 Å². The van der Waals surface area contributed by atoms with E-state index in [0.29, 0.717) is 34.9 Å². The first kappa shape index (κ1) is 32.6. The Morgan fingerprint density at radius 2 is 1.91 bits per heavy atom. The largest absolute Gasteiger partial charge is 0.366 e. The van der Waals surface area contributed by atoms with Crippen molar-refractivity contribution in [2.75, 3.05) is 0 Å². The van der Waals surface area contributed by atoms with Gasteiger partial charge < -0.3 is 15.6 Å². The van der Waals surface area contributed by atoms with E-state index in [0.717, 1.165) is 23.5 Å². The SMILES string of the molecule is C=CC(F)=C(C=C(C)c1cccnc1C(Cc1cc(F)cc(F)c1)NC(=O)Cn1c(CC)c(C=CC)n2nc(C)nc12)C(N)=O. The van der Waals surface area contributed by atoms with Gasteiger partial charge in [0.2, 0.25) is 11.7 Å². The number of nitrogens with one attached hydrogen (secondary N) is 1. The van der Waals surface area contributed by atoms with Gasteiger partial charge in [-0.2, -0.15) is 9.50 Å². The number of carbonyl (C=O) groups is 2. The highest BCUT2D eigenvalue weighted by molar-refractivity contribution is 5.97. The number of nitrogens with zero attached hydrogens (tertiary/aromatic N) is 5. The van der Waals surface area contributed by atoms with E-state index in [9.17, 15) is 22.8 Å². The Bertz CT molecular complexity index is 1850. The summed E-state index contributed by atoms with van der Waals surface area (Å²) in [5.74, 6) is -2.85. The van der Waals surface area contributed by atoms with Crippen LogP contribution in [0, 0.1) is 18.6 Å². The number of fused-ring (bicyclic) bond motifs is 1. The van der Waals surface area contributed by atoms with E-state index in [1.54, 1.807) is 35.1 Å². The van der Waals surface area contributed by atoms with Crippen molar-refractivity contribution in [1.29, 1.82) is 0 Å². The highest BCUT2D eigenvalue weighted by atomic mass is 19.1. The maximum atomic E-state index is 14.4. The molecule has 4 rings (SSSR count). The fraction of sp³-hybridized carbons (Fsp3) is 0.242. The van der Waals surface area contributed by atoms with E-state index in [1.165, 1.54) is 24.4 Å².